The predicted molar refractivity (Wildman–Crippen MR) is 123 cm³/mol. The van der Waals surface area contributed by atoms with Crippen molar-refractivity contribution in [3.63, 3.8) is 0 Å². The van der Waals surface area contributed by atoms with Gasteiger partial charge in [-0.05, 0) is 86.0 Å². The lowest BCUT2D eigenvalue weighted by molar-refractivity contribution is -0.244. The minimum absolute atomic E-state index is 0.0208. The summed E-state index contributed by atoms with van der Waals surface area (Å²) < 4.78 is 10.8. The van der Waals surface area contributed by atoms with Gasteiger partial charge in [-0.25, -0.2) is 4.79 Å². The number of fused-ring (bicyclic) bond motifs is 5. The highest BCUT2D eigenvalue weighted by Crippen LogP contribution is 2.70. The minimum Gasteiger partial charge on any atom is -0.458 e. The average Bonchev–Trinajstić information content (AvgIpc) is 3.36. The summed E-state index contributed by atoms with van der Waals surface area (Å²) in [6, 6.07) is 0.660. The second kappa shape index (κ2) is 7.78. The van der Waals surface area contributed by atoms with Crippen LogP contribution >= 0.6 is 0 Å². The van der Waals surface area contributed by atoms with Crippen molar-refractivity contribution in [3.8, 4) is 0 Å². The first-order chi connectivity index (χ1) is 15.8. The van der Waals surface area contributed by atoms with Crippen LogP contribution in [-0.4, -0.2) is 71.7 Å². The van der Waals surface area contributed by atoms with Crippen molar-refractivity contribution in [2.24, 2.45) is 34.5 Å². The molecule has 4 saturated carbocycles. The van der Waals surface area contributed by atoms with Gasteiger partial charge in [0.05, 0.1) is 24.9 Å². The van der Waals surface area contributed by atoms with Crippen LogP contribution in [0.5, 0.6) is 0 Å². The lowest BCUT2D eigenvalue weighted by Crippen LogP contribution is -2.67. The van der Waals surface area contributed by atoms with Gasteiger partial charge >= 0.3 is 5.97 Å². The van der Waals surface area contributed by atoms with Crippen LogP contribution in [0.4, 0.5) is 0 Å². The maximum atomic E-state index is 12.4. The van der Waals surface area contributed by atoms with Gasteiger partial charge in [-0.15, -0.1) is 0 Å². The van der Waals surface area contributed by atoms with Gasteiger partial charge in [0.1, 0.15) is 6.61 Å². The van der Waals surface area contributed by atoms with Crippen LogP contribution < -0.4 is 0 Å². The molecule has 0 aromatic rings. The molecular weight excluding hydrogens is 418 g/mol. The number of nitrogens with zero attached hydrogens (tertiary/aromatic N) is 1. The van der Waals surface area contributed by atoms with Crippen LogP contribution in [-0.2, 0) is 14.3 Å². The number of esters is 1. The molecule has 9 atom stereocenters. The summed E-state index contributed by atoms with van der Waals surface area (Å²) in [4.78, 5) is 14.4. The Morgan fingerprint density at radius 1 is 1.03 bits per heavy atom. The lowest BCUT2D eigenvalue weighted by atomic mass is 9.42. The van der Waals surface area contributed by atoms with Gasteiger partial charge in [0.2, 0.25) is 0 Å². The SMILES string of the molecule is C[C@]12CC[C@H](N3CCOCC3)C[C@H]1CC[C@@H]1[C@@H]2C[C@@H](O)[C@]2(C)[C@@H](C3=CC(=O)OC3)CC[C@]12O. The first kappa shape index (κ1) is 22.5. The van der Waals surface area contributed by atoms with E-state index in [1.807, 2.05) is 0 Å². The zero-order valence-electron chi connectivity index (χ0n) is 20.3. The molecule has 0 spiro atoms. The number of aliphatic hydroxyl groups is 2. The summed E-state index contributed by atoms with van der Waals surface area (Å²) in [6.45, 7) is 8.71. The maximum absolute atomic E-state index is 12.4. The number of aliphatic hydroxyl groups excluding tert-OH is 1. The van der Waals surface area contributed by atoms with E-state index < -0.39 is 17.1 Å². The summed E-state index contributed by atoms with van der Waals surface area (Å²) in [5, 5.41) is 24.0. The largest absolute Gasteiger partial charge is 0.458 e. The smallest absolute Gasteiger partial charge is 0.331 e. The van der Waals surface area contributed by atoms with Gasteiger partial charge in [0, 0.05) is 30.6 Å². The molecule has 33 heavy (non-hydrogen) atoms. The van der Waals surface area contributed by atoms with Crippen molar-refractivity contribution >= 4 is 5.97 Å². The Kier molecular flexibility index (Phi) is 5.30. The van der Waals surface area contributed by atoms with Gasteiger partial charge in [0.15, 0.2) is 0 Å². The molecular formula is C27H41NO5. The Morgan fingerprint density at radius 3 is 2.55 bits per heavy atom. The van der Waals surface area contributed by atoms with Crippen LogP contribution in [0, 0.1) is 34.5 Å². The van der Waals surface area contributed by atoms with Crippen LogP contribution in [0.3, 0.4) is 0 Å². The molecule has 4 aliphatic carbocycles. The third-order valence-corrected chi connectivity index (χ3v) is 11.6. The van der Waals surface area contributed by atoms with E-state index in [1.165, 1.54) is 25.7 Å². The van der Waals surface area contributed by atoms with Crippen molar-refractivity contribution in [2.75, 3.05) is 32.9 Å². The second-order valence-electron chi connectivity index (χ2n) is 12.4. The number of carbonyl (C=O) groups excluding carboxylic acids is 1. The van der Waals surface area contributed by atoms with E-state index in [4.69, 9.17) is 9.47 Å². The number of cyclic esters (lactones) is 1. The maximum Gasteiger partial charge on any atom is 0.331 e. The molecule has 2 aliphatic heterocycles. The lowest BCUT2D eigenvalue weighted by Gasteiger charge is -2.65. The predicted octanol–water partition coefficient (Wildman–Crippen LogP) is 2.92. The monoisotopic (exact) mass is 459 g/mol. The number of morpholine rings is 1. The molecule has 6 heteroatoms. The van der Waals surface area contributed by atoms with E-state index in [2.05, 4.69) is 18.7 Å². The van der Waals surface area contributed by atoms with Crippen molar-refractivity contribution in [2.45, 2.75) is 83.0 Å². The molecule has 184 valence electrons. The number of carbonyl (C=O) groups is 1. The third kappa shape index (κ3) is 3.09. The molecule has 2 N–H and O–H groups in total. The van der Waals surface area contributed by atoms with E-state index in [1.54, 1.807) is 6.08 Å². The number of ether oxygens (including phenoxy) is 2. The summed E-state index contributed by atoms with van der Waals surface area (Å²) in [6.07, 6.45) is 9.28. The molecule has 0 bridgehead atoms. The molecule has 0 unspecified atom stereocenters. The Balaban J connectivity index is 1.26. The standard InChI is InChI=1S/C27H41NO5/c1-25-7-5-19(28-9-11-32-12-10-28)14-18(25)3-4-21-22(25)15-23(29)26(2)20(6-8-27(21,26)31)17-13-24(30)33-16-17/h13,18-23,29,31H,3-12,14-16H2,1-2H3/t18-,19+,20-,21-,22+,23-,25+,26+,27+/m1/s1. The van der Waals surface area contributed by atoms with Crippen molar-refractivity contribution < 1.29 is 24.5 Å². The van der Waals surface area contributed by atoms with Crippen LogP contribution in [0.15, 0.2) is 11.6 Å². The Bertz CT molecular complexity index is 838. The van der Waals surface area contributed by atoms with Crippen LogP contribution in [0.1, 0.15) is 65.2 Å². The third-order valence-electron chi connectivity index (χ3n) is 11.6. The molecule has 6 rings (SSSR count). The van der Waals surface area contributed by atoms with Gasteiger partial charge in [0.25, 0.3) is 0 Å². The van der Waals surface area contributed by atoms with E-state index in [0.717, 1.165) is 57.6 Å². The average molecular weight is 460 g/mol. The molecule has 2 heterocycles. The fraction of sp³-hybridized carbons (Fsp3) is 0.889. The molecule has 5 fully saturated rings. The highest BCUT2D eigenvalue weighted by molar-refractivity contribution is 5.85. The summed E-state index contributed by atoms with van der Waals surface area (Å²) in [5.74, 6) is 1.01. The molecule has 0 aromatic heterocycles. The molecule has 0 radical (unpaired) electrons. The Morgan fingerprint density at radius 2 is 1.82 bits per heavy atom. The Labute approximate surface area is 197 Å². The molecule has 6 nitrogen and oxygen atoms in total. The van der Waals surface area contributed by atoms with Crippen molar-refractivity contribution in [1.82, 2.24) is 4.90 Å². The quantitative estimate of drug-likeness (QED) is 0.618. The summed E-state index contributed by atoms with van der Waals surface area (Å²) >= 11 is 0. The van der Waals surface area contributed by atoms with E-state index in [9.17, 15) is 15.0 Å². The van der Waals surface area contributed by atoms with Gasteiger partial charge in [-0.2, -0.15) is 0 Å². The fourth-order valence-corrected chi connectivity index (χ4v) is 9.64. The number of hydrogen-bond acceptors (Lipinski definition) is 6. The number of hydrogen-bond donors (Lipinski definition) is 2. The van der Waals surface area contributed by atoms with E-state index >= 15 is 0 Å². The zero-order valence-corrected chi connectivity index (χ0v) is 20.3. The first-order valence-corrected chi connectivity index (χ1v) is 13.4. The van der Waals surface area contributed by atoms with Crippen molar-refractivity contribution in [3.05, 3.63) is 11.6 Å². The zero-order chi connectivity index (χ0) is 23.0. The molecule has 0 amide bonds. The van der Waals surface area contributed by atoms with Crippen molar-refractivity contribution in [1.29, 1.82) is 0 Å². The molecule has 6 aliphatic rings. The highest BCUT2D eigenvalue weighted by Gasteiger charge is 2.70. The Hall–Kier alpha value is -0.950. The molecule has 1 saturated heterocycles. The fourth-order valence-electron chi connectivity index (χ4n) is 9.64. The van der Waals surface area contributed by atoms with Gasteiger partial charge in [-0.1, -0.05) is 13.8 Å². The van der Waals surface area contributed by atoms with Gasteiger partial charge in [-0.3, -0.25) is 4.90 Å². The minimum atomic E-state index is -0.873. The molecule has 0 aromatic carbocycles. The topological polar surface area (TPSA) is 79.2 Å². The van der Waals surface area contributed by atoms with E-state index in [0.29, 0.717) is 24.5 Å². The number of rotatable bonds is 2. The summed E-state index contributed by atoms with van der Waals surface area (Å²) in [5.41, 5.74) is -0.320. The van der Waals surface area contributed by atoms with E-state index in [-0.39, 0.29) is 23.2 Å². The van der Waals surface area contributed by atoms with Gasteiger partial charge < -0.3 is 19.7 Å². The second-order valence-corrected chi connectivity index (χ2v) is 12.4. The normalized spacial score (nSPS) is 52.5. The summed E-state index contributed by atoms with van der Waals surface area (Å²) in [7, 11) is 0. The van der Waals surface area contributed by atoms with Crippen LogP contribution in [0.2, 0.25) is 0 Å². The first-order valence-electron chi connectivity index (χ1n) is 13.4. The van der Waals surface area contributed by atoms with Crippen LogP contribution in [0.25, 0.3) is 0 Å². The highest BCUT2D eigenvalue weighted by atomic mass is 16.5.